The lowest BCUT2D eigenvalue weighted by molar-refractivity contribution is 0.100. The highest BCUT2D eigenvalue weighted by Crippen LogP contribution is 2.26. The lowest BCUT2D eigenvalue weighted by Gasteiger charge is -2.28. The number of hydrogen-bond acceptors (Lipinski definition) is 3. The van der Waals surface area contributed by atoms with E-state index in [2.05, 4.69) is 17.2 Å². The van der Waals surface area contributed by atoms with E-state index < -0.39 is 5.91 Å². The summed E-state index contributed by atoms with van der Waals surface area (Å²) in [5.41, 5.74) is 5.81. The minimum absolute atomic E-state index is 0.409. The monoisotopic (exact) mass is 233 g/mol. The quantitative estimate of drug-likeness (QED) is 0.840. The van der Waals surface area contributed by atoms with Crippen LogP contribution in [0.4, 0.5) is 5.82 Å². The highest BCUT2D eigenvalue weighted by atomic mass is 16.1. The lowest BCUT2D eigenvalue weighted by Crippen LogP contribution is -2.28. The molecule has 1 saturated carbocycles. The average Bonchev–Trinajstić information content (AvgIpc) is 2.29. The molecule has 4 nitrogen and oxygen atoms in total. The molecule has 92 valence electrons. The summed E-state index contributed by atoms with van der Waals surface area (Å²) < 4.78 is 0. The highest BCUT2D eigenvalue weighted by molar-refractivity contribution is 5.97. The van der Waals surface area contributed by atoms with Crippen molar-refractivity contribution < 1.29 is 4.79 Å². The van der Waals surface area contributed by atoms with Gasteiger partial charge in [0, 0.05) is 12.2 Å². The Balaban J connectivity index is 2.10. The first-order chi connectivity index (χ1) is 8.16. The molecule has 1 amide bonds. The first-order valence-electron chi connectivity index (χ1n) is 6.18. The number of pyridine rings is 1. The Bertz CT molecular complexity index is 405. The third-order valence-electron chi connectivity index (χ3n) is 3.35. The third kappa shape index (κ3) is 2.96. The van der Waals surface area contributed by atoms with E-state index in [1.165, 1.54) is 12.8 Å². The van der Waals surface area contributed by atoms with Gasteiger partial charge in [-0.1, -0.05) is 19.8 Å². The summed E-state index contributed by atoms with van der Waals surface area (Å²) in [4.78, 5) is 15.5. The van der Waals surface area contributed by atoms with Gasteiger partial charge in [0.25, 0.3) is 5.91 Å². The fraction of sp³-hybridized carbons (Fsp3) is 0.538. The van der Waals surface area contributed by atoms with E-state index in [1.807, 2.05) is 0 Å². The van der Waals surface area contributed by atoms with Crippen molar-refractivity contribution in [1.82, 2.24) is 4.98 Å². The van der Waals surface area contributed by atoms with Crippen molar-refractivity contribution >= 4 is 11.7 Å². The number of rotatable bonds is 3. The Morgan fingerprint density at radius 3 is 3.06 bits per heavy atom. The van der Waals surface area contributed by atoms with E-state index in [1.54, 1.807) is 18.3 Å². The van der Waals surface area contributed by atoms with Crippen molar-refractivity contribution in [2.45, 2.75) is 38.6 Å². The van der Waals surface area contributed by atoms with E-state index in [0.717, 1.165) is 18.8 Å². The number of aromatic nitrogens is 1. The number of carbonyl (C=O) groups is 1. The second-order valence-electron chi connectivity index (χ2n) is 4.88. The van der Waals surface area contributed by atoms with E-state index >= 15 is 0 Å². The van der Waals surface area contributed by atoms with E-state index in [9.17, 15) is 4.79 Å². The van der Waals surface area contributed by atoms with Crippen molar-refractivity contribution in [3.8, 4) is 0 Å². The van der Waals surface area contributed by atoms with Crippen LogP contribution in [0.2, 0.25) is 0 Å². The molecule has 0 spiro atoms. The number of nitrogens with zero attached hydrogens (tertiary/aromatic N) is 1. The molecule has 0 radical (unpaired) electrons. The largest absolute Gasteiger partial charge is 0.367 e. The van der Waals surface area contributed by atoms with Gasteiger partial charge in [0.2, 0.25) is 0 Å². The Labute approximate surface area is 102 Å². The number of carbonyl (C=O) groups excluding carboxylic acids is 1. The number of anilines is 1. The Kier molecular flexibility index (Phi) is 3.61. The predicted octanol–water partition coefficient (Wildman–Crippen LogP) is 2.17. The number of hydrogen-bond donors (Lipinski definition) is 2. The molecule has 0 saturated heterocycles. The van der Waals surface area contributed by atoms with Crippen LogP contribution in [-0.2, 0) is 0 Å². The van der Waals surface area contributed by atoms with Gasteiger partial charge < -0.3 is 11.1 Å². The minimum atomic E-state index is -0.426. The lowest BCUT2D eigenvalue weighted by atomic mass is 9.87. The molecule has 1 aliphatic carbocycles. The van der Waals surface area contributed by atoms with Crippen LogP contribution in [0, 0.1) is 5.92 Å². The first-order valence-corrected chi connectivity index (χ1v) is 6.18. The van der Waals surface area contributed by atoms with Gasteiger partial charge >= 0.3 is 0 Å². The zero-order valence-electron chi connectivity index (χ0n) is 10.1. The molecule has 3 N–H and O–H groups in total. The van der Waals surface area contributed by atoms with Crippen LogP contribution < -0.4 is 11.1 Å². The van der Waals surface area contributed by atoms with Crippen LogP contribution >= 0.6 is 0 Å². The number of primary amides is 1. The molecule has 0 aliphatic heterocycles. The van der Waals surface area contributed by atoms with Gasteiger partial charge in [-0.25, -0.2) is 4.98 Å². The molecule has 4 heteroatoms. The van der Waals surface area contributed by atoms with Crippen molar-refractivity contribution in [3.63, 3.8) is 0 Å². The minimum Gasteiger partial charge on any atom is -0.367 e. The van der Waals surface area contributed by atoms with Gasteiger partial charge in [-0.3, -0.25) is 4.79 Å². The van der Waals surface area contributed by atoms with Gasteiger partial charge in [-0.05, 0) is 30.9 Å². The molecule has 1 heterocycles. The van der Waals surface area contributed by atoms with Crippen LogP contribution in [0.15, 0.2) is 18.3 Å². The summed E-state index contributed by atoms with van der Waals surface area (Å²) in [6.45, 7) is 2.27. The van der Waals surface area contributed by atoms with Crippen LogP contribution in [0.3, 0.4) is 0 Å². The maximum Gasteiger partial charge on any atom is 0.252 e. The molecule has 0 aromatic carbocycles. The number of nitrogens with two attached hydrogens (primary N) is 1. The number of nitrogens with one attached hydrogen (secondary N) is 1. The predicted molar refractivity (Wildman–Crippen MR) is 67.8 cm³/mol. The fourth-order valence-corrected chi connectivity index (χ4v) is 2.48. The summed E-state index contributed by atoms with van der Waals surface area (Å²) in [7, 11) is 0. The number of amides is 1. The van der Waals surface area contributed by atoms with Crippen molar-refractivity contribution in [2.75, 3.05) is 5.32 Å². The zero-order valence-corrected chi connectivity index (χ0v) is 10.1. The van der Waals surface area contributed by atoms with Crippen LogP contribution in [-0.4, -0.2) is 16.9 Å². The Morgan fingerprint density at radius 1 is 1.53 bits per heavy atom. The average molecular weight is 233 g/mol. The zero-order chi connectivity index (χ0) is 12.3. The fourth-order valence-electron chi connectivity index (χ4n) is 2.48. The Morgan fingerprint density at radius 2 is 2.35 bits per heavy atom. The molecule has 1 aromatic heterocycles. The van der Waals surface area contributed by atoms with Crippen molar-refractivity contribution in [2.24, 2.45) is 11.7 Å². The van der Waals surface area contributed by atoms with E-state index in [4.69, 9.17) is 5.73 Å². The second kappa shape index (κ2) is 5.17. The van der Waals surface area contributed by atoms with E-state index in [0.29, 0.717) is 17.4 Å². The van der Waals surface area contributed by atoms with E-state index in [-0.39, 0.29) is 0 Å². The summed E-state index contributed by atoms with van der Waals surface area (Å²) in [5.74, 6) is 0.936. The van der Waals surface area contributed by atoms with Crippen LogP contribution in [0.1, 0.15) is 43.0 Å². The summed E-state index contributed by atoms with van der Waals surface area (Å²) in [6, 6.07) is 3.85. The first kappa shape index (κ1) is 11.9. The molecule has 2 unspecified atom stereocenters. The molecule has 1 aromatic rings. The molecule has 1 aliphatic rings. The molecule has 2 rings (SSSR count). The van der Waals surface area contributed by atoms with Crippen molar-refractivity contribution in [3.05, 3.63) is 23.9 Å². The topological polar surface area (TPSA) is 68.0 Å². The smallest absolute Gasteiger partial charge is 0.252 e. The molecular weight excluding hydrogens is 214 g/mol. The Hall–Kier alpha value is -1.58. The summed E-state index contributed by atoms with van der Waals surface area (Å²) in [6.07, 6.45) is 6.48. The van der Waals surface area contributed by atoms with Gasteiger partial charge in [0.15, 0.2) is 0 Å². The van der Waals surface area contributed by atoms with Gasteiger partial charge in [0.05, 0.1) is 5.56 Å². The molecule has 0 bridgehead atoms. The molecule has 2 atom stereocenters. The van der Waals surface area contributed by atoms with Gasteiger partial charge in [0.1, 0.15) is 5.82 Å². The molecule has 17 heavy (non-hydrogen) atoms. The van der Waals surface area contributed by atoms with Crippen LogP contribution in [0.5, 0.6) is 0 Å². The maximum atomic E-state index is 11.3. The second-order valence-corrected chi connectivity index (χ2v) is 4.88. The summed E-state index contributed by atoms with van der Waals surface area (Å²) >= 11 is 0. The summed E-state index contributed by atoms with van der Waals surface area (Å²) in [5, 5.41) is 3.35. The van der Waals surface area contributed by atoms with Crippen molar-refractivity contribution in [1.29, 1.82) is 0 Å². The third-order valence-corrected chi connectivity index (χ3v) is 3.35. The van der Waals surface area contributed by atoms with Crippen LogP contribution in [0.25, 0.3) is 0 Å². The molecule has 1 fully saturated rings. The maximum absolute atomic E-state index is 11.3. The highest BCUT2D eigenvalue weighted by Gasteiger charge is 2.20. The normalized spacial score (nSPS) is 24.3. The standard InChI is InChI=1S/C13H19N3O/c1-9-4-2-5-10(8-9)16-13-11(12(14)17)6-3-7-15-13/h3,6-7,9-10H,2,4-5,8H2,1H3,(H2,14,17)(H,15,16). The molecular formula is C13H19N3O. The van der Waals surface area contributed by atoms with Gasteiger partial charge in [-0.2, -0.15) is 0 Å². The van der Waals surface area contributed by atoms with Gasteiger partial charge in [-0.15, -0.1) is 0 Å². The SMILES string of the molecule is CC1CCCC(Nc2ncccc2C(N)=O)C1.